The van der Waals surface area contributed by atoms with Crippen molar-refractivity contribution in [2.45, 2.75) is 30.8 Å². The van der Waals surface area contributed by atoms with Crippen LogP contribution in [-0.4, -0.2) is 51.9 Å². The maximum atomic E-state index is 13.8. The number of ether oxygens (including phenoxy) is 1. The number of hydrogen-bond acceptors (Lipinski definition) is 5. The van der Waals surface area contributed by atoms with E-state index in [-0.39, 0.29) is 23.0 Å². The molecule has 10 heteroatoms. The average Bonchev–Trinajstić information content (AvgIpc) is 2.92. The summed E-state index contributed by atoms with van der Waals surface area (Å²) in [7, 11) is -1.17. The Bertz CT molecular complexity index is 1300. The zero-order valence-electron chi connectivity index (χ0n) is 20.9. The second-order valence-corrected chi connectivity index (χ2v) is 10.1. The van der Waals surface area contributed by atoms with E-state index in [0.717, 1.165) is 22.0 Å². The van der Waals surface area contributed by atoms with Crippen LogP contribution >= 0.6 is 0 Å². The second kappa shape index (κ2) is 12.4. The SMILES string of the molecule is CC[C@@H](C(=O)NC)N(Cc1ccc(OC)cc1)C(=O)CN(c1ccc(F)cc1)S(=O)(=O)c1ccccc1. The van der Waals surface area contributed by atoms with Crippen molar-refractivity contribution in [2.24, 2.45) is 0 Å². The van der Waals surface area contributed by atoms with E-state index in [1.54, 1.807) is 56.5 Å². The van der Waals surface area contributed by atoms with Crippen LogP contribution in [0, 0.1) is 5.82 Å². The predicted molar refractivity (Wildman–Crippen MR) is 139 cm³/mol. The van der Waals surface area contributed by atoms with Gasteiger partial charge < -0.3 is 15.0 Å². The molecule has 3 rings (SSSR count). The van der Waals surface area contributed by atoms with Gasteiger partial charge in [-0.2, -0.15) is 0 Å². The summed E-state index contributed by atoms with van der Waals surface area (Å²) in [6.07, 6.45) is 0.309. The smallest absolute Gasteiger partial charge is 0.264 e. The molecule has 0 heterocycles. The average molecular weight is 528 g/mol. The van der Waals surface area contributed by atoms with Crippen LogP contribution in [0.3, 0.4) is 0 Å². The number of likely N-dealkylation sites (N-methyl/N-ethyl adjacent to an activating group) is 1. The number of anilines is 1. The fourth-order valence-electron chi connectivity index (χ4n) is 3.87. The van der Waals surface area contributed by atoms with Crippen LogP contribution in [0.2, 0.25) is 0 Å². The van der Waals surface area contributed by atoms with Crippen molar-refractivity contribution < 1.29 is 27.1 Å². The number of carbonyl (C=O) groups is 2. The Kier molecular flexibility index (Phi) is 9.24. The normalized spacial score (nSPS) is 11.9. The lowest BCUT2D eigenvalue weighted by atomic mass is 10.1. The van der Waals surface area contributed by atoms with Gasteiger partial charge in [0.2, 0.25) is 11.8 Å². The quantitative estimate of drug-likeness (QED) is 0.411. The number of halogens is 1. The Morgan fingerprint density at radius 2 is 1.59 bits per heavy atom. The summed E-state index contributed by atoms with van der Waals surface area (Å²) in [5.74, 6) is -0.867. The van der Waals surface area contributed by atoms with Crippen molar-refractivity contribution in [3.8, 4) is 5.75 Å². The summed E-state index contributed by atoms with van der Waals surface area (Å²) >= 11 is 0. The van der Waals surface area contributed by atoms with E-state index in [0.29, 0.717) is 12.2 Å². The van der Waals surface area contributed by atoms with E-state index < -0.39 is 34.3 Å². The maximum Gasteiger partial charge on any atom is 0.264 e. The van der Waals surface area contributed by atoms with Gasteiger partial charge in [-0.25, -0.2) is 12.8 Å². The Balaban J connectivity index is 2.02. The lowest BCUT2D eigenvalue weighted by molar-refractivity contribution is -0.140. The van der Waals surface area contributed by atoms with E-state index in [9.17, 15) is 22.4 Å². The molecule has 0 radical (unpaired) electrons. The molecule has 0 aromatic heterocycles. The highest BCUT2D eigenvalue weighted by Gasteiger charge is 2.33. The molecular formula is C27H30FN3O5S. The molecule has 0 saturated heterocycles. The van der Waals surface area contributed by atoms with Gasteiger partial charge in [0, 0.05) is 13.6 Å². The first-order valence-corrected chi connectivity index (χ1v) is 13.1. The highest BCUT2D eigenvalue weighted by Crippen LogP contribution is 2.25. The van der Waals surface area contributed by atoms with E-state index in [1.807, 2.05) is 0 Å². The molecule has 8 nitrogen and oxygen atoms in total. The van der Waals surface area contributed by atoms with E-state index in [2.05, 4.69) is 5.32 Å². The van der Waals surface area contributed by atoms with Crippen LogP contribution in [-0.2, 0) is 26.2 Å². The van der Waals surface area contributed by atoms with Crippen molar-refractivity contribution in [3.63, 3.8) is 0 Å². The van der Waals surface area contributed by atoms with Gasteiger partial charge in [0.15, 0.2) is 0 Å². The Morgan fingerprint density at radius 1 is 0.973 bits per heavy atom. The summed E-state index contributed by atoms with van der Waals surface area (Å²) in [6, 6.07) is 18.7. The number of rotatable bonds is 11. The number of hydrogen-bond donors (Lipinski definition) is 1. The third-order valence-corrected chi connectivity index (χ3v) is 7.66. The topological polar surface area (TPSA) is 96.0 Å². The number of nitrogens with zero attached hydrogens (tertiary/aromatic N) is 2. The number of sulfonamides is 1. The molecule has 0 aliphatic carbocycles. The molecule has 196 valence electrons. The molecule has 1 atom stereocenters. The molecule has 0 bridgehead atoms. The van der Waals surface area contributed by atoms with Gasteiger partial charge >= 0.3 is 0 Å². The number of carbonyl (C=O) groups excluding carboxylic acids is 2. The number of benzene rings is 3. The molecule has 37 heavy (non-hydrogen) atoms. The van der Waals surface area contributed by atoms with Crippen LogP contribution in [0.4, 0.5) is 10.1 Å². The first kappa shape index (κ1) is 27.7. The maximum absolute atomic E-state index is 13.8. The van der Waals surface area contributed by atoms with Crippen LogP contribution in [0.5, 0.6) is 5.75 Å². The van der Waals surface area contributed by atoms with Crippen LogP contribution < -0.4 is 14.4 Å². The van der Waals surface area contributed by atoms with E-state index in [1.165, 1.54) is 36.2 Å². The van der Waals surface area contributed by atoms with Crippen LogP contribution in [0.15, 0.2) is 83.8 Å². The van der Waals surface area contributed by atoms with Crippen molar-refractivity contribution in [1.29, 1.82) is 0 Å². The Hall–Kier alpha value is -3.92. The minimum absolute atomic E-state index is 0.0211. The first-order valence-electron chi connectivity index (χ1n) is 11.7. The van der Waals surface area contributed by atoms with Gasteiger partial charge in [-0.1, -0.05) is 37.3 Å². The zero-order valence-corrected chi connectivity index (χ0v) is 21.7. The Labute approximate surface area is 216 Å². The monoisotopic (exact) mass is 527 g/mol. The molecule has 0 aliphatic heterocycles. The summed E-state index contributed by atoms with van der Waals surface area (Å²) in [4.78, 5) is 27.8. The summed E-state index contributed by atoms with van der Waals surface area (Å²) < 4.78 is 47.0. The van der Waals surface area contributed by atoms with Gasteiger partial charge in [0.1, 0.15) is 24.2 Å². The standard InChI is InChI=1S/C27H30FN3O5S/c1-4-25(27(33)29-2)30(18-20-10-16-23(36-3)17-11-20)26(32)19-31(22-14-12-21(28)13-15-22)37(34,35)24-8-6-5-7-9-24/h5-17,25H,4,18-19H2,1-3H3,(H,29,33)/t25-/m0/s1. The highest BCUT2D eigenvalue weighted by molar-refractivity contribution is 7.92. The summed E-state index contributed by atoms with van der Waals surface area (Å²) in [5.41, 5.74) is 0.853. The molecule has 3 aromatic rings. The van der Waals surface area contributed by atoms with Crippen molar-refractivity contribution in [3.05, 3.63) is 90.2 Å². The fraction of sp³-hybridized carbons (Fsp3) is 0.259. The van der Waals surface area contributed by atoms with Crippen molar-refractivity contribution in [2.75, 3.05) is 25.0 Å². The molecule has 3 aromatic carbocycles. The molecule has 1 N–H and O–H groups in total. The minimum atomic E-state index is -4.19. The van der Waals surface area contributed by atoms with Crippen molar-refractivity contribution in [1.82, 2.24) is 10.2 Å². The lowest BCUT2D eigenvalue weighted by Gasteiger charge is -2.33. The highest BCUT2D eigenvalue weighted by atomic mass is 32.2. The number of methoxy groups -OCH3 is 1. The second-order valence-electron chi connectivity index (χ2n) is 8.21. The van der Waals surface area contributed by atoms with Crippen LogP contribution in [0.25, 0.3) is 0 Å². The first-order chi connectivity index (χ1) is 17.7. The number of nitrogens with one attached hydrogen (secondary N) is 1. The predicted octanol–water partition coefficient (Wildman–Crippen LogP) is 3.58. The molecule has 0 aliphatic rings. The molecule has 2 amide bonds. The minimum Gasteiger partial charge on any atom is -0.497 e. The van der Waals surface area contributed by atoms with Gasteiger partial charge in [-0.05, 0) is 60.5 Å². The zero-order chi connectivity index (χ0) is 27.0. The third kappa shape index (κ3) is 6.65. The summed E-state index contributed by atoms with van der Waals surface area (Å²) in [5, 5.41) is 2.58. The lowest BCUT2D eigenvalue weighted by Crippen LogP contribution is -2.51. The number of amides is 2. The van der Waals surface area contributed by atoms with Gasteiger partial charge in [0.05, 0.1) is 17.7 Å². The van der Waals surface area contributed by atoms with Crippen molar-refractivity contribution >= 4 is 27.5 Å². The van der Waals surface area contributed by atoms with Crippen LogP contribution in [0.1, 0.15) is 18.9 Å². The van der Waals surface area contributed by atoms with E-state index in [4.69, 9.17) is 4.74 Å². The molecular weight excluding hydrogens is 497 g/mol. The largest absolute Gasteiger partial charge is 0.497 e. The molecule has 0 fully saturated rings. The fourth-order valence-corrected chi connectivity index (χ4v) is 5.30. The Morgan fingerprint density at radius 3 is 2.14 bits per heavy atom. The summed E-state index contributed by atoms with van der Waals surface area (Å²) in [6.45, 7) is 1.25. The van der Waals surface area contributed by atoms with Gasteiger partial charge in [0.25, 0.3) is 10.0 Å². The van der Waals surface area contributed by atoms with E-state index >= 15 is 0 Å². The van der Waals surface area contributed by atoms with Gasteiger partial charge in [-0.3, -0.25) is 13.9 Å². The third-order valence-electron chi connectivity index (χ3n) is 5.87. The molecule has 0 spiro atoms. The molecule has 0 unspecified atom stereocenters. The molecule has 0 saturated carbocycles. The van der Waals surface area contributed by atoms with Gasteiger partial charge in [-0.15, -0.1) is 0 Å².